The van der Waals surface area contributed by atoms with Crippen molar-refractivity contribution in [2.24, 2.45) is 0 Å². The van der Waals surface area contributed by atoms with Gasteiger partial charge in [0, 0.05) is 26.9 Å². The van der Waals surface area contributed by atoms with Crippen LogP contribution in [0.2, 0.25) is 5.02 Å². The van der Waals surface area contributed by atoms with Gasteiger partial charge in [0.05, 0.1) is 28.9 Å². The Morgan fingerprint density at radius 2 is 2.17 bits per heavy atom. The van der Waals surface area contributed by atoms with Crippen LogP contribution in [-0.2, 0) is 9.47 Å². The number of nitrogens with zero attached hydrogens (tertiary/aromatic N) is 1. The van der Waals surface area contributed by atoms with E-state index in [1.807, 2.05) is 0 Å². The molecule has 0 saturated carbocycles. The molecule has 0 heterocycles. The number of anilines is 1. The maximum atomic E-state index is 8.79. The molecular formula is C13H17ClN2O2. The molecule has 98 valence electrons. The van der Waals surface area contributed by atoms with Gasteiger partial charge in [0.15, 0.2) is 0 Å². The van der Waals surface area contributed by atoms with E-state index in [1.54, 1.807) is 25.3 Å². The molecule has 1 rings (SSSR count). The van der Waals surface area contributed by atoms with E-state index in [0.29, 0.717) is 37.0 Å². The third-order valence-corrected chi connectivity index (χ3v) is 2.62. The fraction of sp³-hybridized carbons (Fsp3) is 0.462. The molecule has 1 aromatic rings. The Morgan fingerprint density at radius 3 is 2.89 bits per heavy atom. The van der Waals surface area contributed by atoms with Gasteiger partial charge in [-0.25, -0.2) is 0 Å². The van der Waals surface area contributed by atoms with Crippen molar-refractivity contribution in [3.63, 3.8) is 0 Å². The number of halogens is 1. The third-order valence-electron chi connectivity index (χ3n) is 2.29. The van der Waals surface area contributed by atoms with E-state index >= 15 is 0 Å². The molecule has 1 N–H and O–H groups in total. The third kappa shape index (κ3) is 5.37. The second-order valence-corrected chi connectivity index (χ2v) is 4.10. The summed E-state index contributed by atoms with van der Waals surface area (Å²) in [4.78, 5) is 0. The minimum atomic E-state index is 0.586. The summed E-state index contributed by atoms with van der Waals surface area (Å²) >= 11 is 6.01. The fourth-order valence-corrected chi connectivity index (χ4v) is 1.58. The van der Waals surface area contributed by atoms with E-state index < -0.39 is 0 Å². The predicted molar refractivity (Wildman–Crippen MR) is 72.0 cm³/mol. The zero-order valence-corrected chi connectivity index (χ0v) is 11.2. The summed E-state index contributed by atoms with van der Waals surface area (Å²) < 4.78 is 10.3. The van der Waals surface area contributed by atoms with Gasteiger partial charge >= 0.3 is 0 Å². The Kier molecular flexibility index (Phi) is 7.19. The first kappa shape index (κ1) is 14.8. The highest BCUT2D eigenvalue weighted by Crippen LogP contribution is 2.22. The molecule has 0 amide bonds. The first-order valence-electron chi connectivity index (χ1n) is 5.78. The highest BCUT2D eigenvalue weighted by Gasteiger charge is 2.01. The maximum absolute atomic E-state index is 8.79. The number of benzene rings is 1. The SMILES string of the molecule is COCCCOCCNc1cc(C#N)ccc1Cl. The zero-order valence-electron chi connectivity index (χ0n) is 10.4. The molecule has 0 aliphatic heterocycles. The number of hydrogen-bond donors (Lipinski definition) is 1. The van der Waals surface area contributed by atoms with Crippen molar-refractivity contribution < 1.29 is 9.47 Å². The number of nitriles is 1. The molecule has 0 aliphatic rings. The summed E-state index contributed by atoms with van der Waals surface area (Å²) in [6, 6.07) is 7.20. The first-order valence-corrected chi connectivity index (χ1v) is 6.16. The maximum Gasteiger partial charge on any atom is 0.0992 e. The Labute approximate surface area is 112 Å². The van der Waals surface area contributed by atoms with Gasteiger partial charge in [0.25, 0.3) is 0 Å². The van der Waals surface area contributed by atoms with Crippen LogP contribution in [0.5, 0.6) is 0 Å². The molecule has 4 nitrogen and oxygen atoms in total. The Morgan fingerprint density at radius 1 is 1.33 bits per heavy atom. The summed E-state index contributed by atoms with van der Waals surface area (Å²) in [6.45, 7) is 2.64. The summed E-state index contributed by atoms with van der Waals surface area (Å²) in [5.41, 5.74) is 1.35. The number of rotatable bonds is 8. The molecule has 0 saturated heterocycles. The van der Waals surface area contributed by atoms with Crippen molar-refractivity contribution in [1.29, 1.82) is 5.26 Å². The second kappa shape index (κ2) is 8.76. The van der Waals surface area contributed by atoms with Crippen LogP contribution >= 0.6 is 11.6 Å². The van der Waals surface area contributed by atoms with Gasteiger partial charge in [-0.3, -0.25) is 0 Å². The van der Waals surface area contributed by atoms with Crippen LogP contribution in [0.15, 0.2) is 18.2 Å². The number of hydrogen-bond acceptors (Lipinski definition) is 4. The molecular weight excluding hydrogens is 252 g/mol. The largest absolute Gasteiger partial charge is 0.385 e. The van der Waals surface area contributed by atoms with Crippen molar-refractivity contribution in [3.05, 3.63) is 28.8 Å². The molecule has 5 heteroatoms. The van der Waals surface area contributed by atoms with Gasteiger partial charge in [0.1, 0.15) is 0 Å². The second-order valence-electron chi connectivity index (χ2n) is 3.69. The van der Waals surface area contributed by atoms with E-state index in [2.05, 4.69) is 11.4 Å². The van der Waals surface area contributed by atoms with Crippen LogP contribution in [0.1, 0.15) is 12.0 Å². The van der Waals surface area contributed by atoms with E-state index in [1.165, 1.54) is 0 Å². The average molecular weight is 269 g/mol. The van der Waals surface area contributed by atoms with Crippen LogP contribution < -0.4 is 5.32 Å². The number of nitrogens with one attached hydrogen (secondary N) is 1. The highest BCUT2D eigenvalue weighted by molar-refractivity contribution is 6.33. The van der Waals surface area contributed by atoms with Crippen molar-refractivity contribution in [2.45, 2.75) is 6.42 Å². The summed E-state index contributed by atoms with van der Waals surface area (Å²) in [5.74, 6) is 0. The fourth-order valence-electron chi connectivity index (χ4n) is 1.40. The predicted octanol–water partition coefficient (Wildman–Crippen LogP) is 2.68. The lowest BCUT2D eigenvalue weighted by atomic mass is 10.2. The normalized spacial score (nSPS) is 10.1. The van der Waals surface area contributed by atoms with Crippen molar-refractivity contribution in [3.8, 4) is 6.07 Å². The monoisotopic (exact) mass is 268 g/mol. The van der Waals surface area contributed by atoms with Gasteiger partial charge in [-0.15, -0.1) is 0 Å². The molecule has 1 aromatic carbocycles. The van der Waals surface area contributed by atoms with Gasteiger partial charge in [-0.05, 0) is 24.6 Å². The average Bonchev–Trinajstić information content (AvgIpc) is 2.39. The van der Waals surface area contributed by atoms with Crippen molar-refractivity contribution in [2.75, 3.05) is 38.8 Å². The molecule has 0 bridgehead atoms. The molecule has 0 unspecified atom stereocenters. The number of methoxy groups -OCH3 is 1. The van der Waals surface area contributed by atoms with Crippen LogP contribution in [0.3, 0.4) is 0 Å². The van der Waals surface area contributed by atoms with Crippen LogP contribution in [0.25, 0.3) is 0 Å². The molecule has 0 aromatic heterocycles. The van der Waals surface area contributed by atoms with Gasteiger partial charge in [-0.1, -0.05) is 11.6 Å². The van der Waals surface area contributed by atoms with Crippen molar-refractivity contribution >= 4 is 17.3 Å². The highest BCUT2D eigenvalue weighted by atomic mass is 35.5. The first-order chi connectivity index (χ1) is 8.77. The molecule has 0 aliphatic carbocycles. The summed E-state index contributed by atoms with van der Waals surface area (Å²) in [5, 5.41) is 12.5. The van der Waals surface area contributed by atoms with Crippen LogP contribution in [-0.4, -0.2) is 33.5 Å². The Hall–Kier alpha value is -1.28. The lowest BCUT2D eigenvalue weighted by Crippen LogP contribution is -2.11. The molecule has 0 atom stereocenters. The van der Waals surface area contributed by atoms with Gasteiger partial charge in [0.2, 0.25) is 0 Å². The lowest BCUT2D eigenvalue weighted by molar-refractivity contribution is 0.109. The van der Waals surface area contributed by atoms with E-state index in [-0.39, 0.29) is 0 Å². The molecule has 0 radical (unpaired) electrons. The van der Waals surface area contributed by atoms with Crippen LogP contribution in [0, 0.1) is 11.3 Å². The molecule has 18 heavy (non-hydrogen) atoms. The van der Waals surface area contributed by atoms with E-state index in [9.17, 15) is 0 Å². The summed E-state index contributed by atoms with van der Waals surface area (Å²) in [6.07, 6.45) is 0.890. The number of ether oxygens (including phenoxy) is 2. The summed E-state index contributed by atoms with van der Waals surface area (Å²) in [7, 11) is 1.67. The standard InChI is InChI=1S/C13H17ClN2O2/c1-17-6-2-7-18-8-5-16-13-9-11(10-15)3-4-12(13)14/h3-4,9,16H,2,5-8H2,1H3. The van der Waals surface area contributed by atoms with Crippen molar-refractivity contribution in [1.82, 2.24) is 0 Å². The molecule has 0 spiro atoms. The Balaban J connectivity index is 2.25. The van der Waals surface area contributed by atoms with Gasteiger partial charge in [-0.2, -0.15) is 5.26 Å². The van der Waals surface area contributed by atoms with E-state index in [0.717, 1.165) is 12.1 Å². The van der Waals surface area contributed by atoms with Crippen LogP contribution in [0.4, 0.5) is 5.69 Å². The van der Waals surface area contributed by atoms with Gasteiger partial charge < -0.3 is 14.8 Å². The smallest absolute Gasteiger partial charge is 0.0992 e. The van der Waals surface area contributed by atoms with E-state index in [4.69, 9.17) is 26.3 Å². The quantitative estimate of drug-likeness (QED) is 0.737. The minimum Gasteiger partial charge on any atom is -0.385 e. The zero-order chi connectivity index (χ0) is 13.2. The Bertz CT molecular complexity index is 404. The lowest BCUT2D eigenvalue weighted by Gasteiger charge is -2.09. The minimum absolute atomic E-state index is 0.586. The molecule has 0 fully saturated rings. The topological polar surface area (TPSA) is 54.3 Å².